The van der Waals surface area contributed by atoms with Crippen LogP contribution >= 0.6 is 11.6 Å². The van der Waals surface area contributed by atoms with Gasteiger partial charge in [0, 0.05) is 44.3 Å². The number of unbranched alkanes of at least 4 members (excludes halogenated alkanes) is 1. The van der Waals surface area contributed by atoms with Gasteiger partial charge in [-0.3, -0.25) is 4.90 Å². The molecule has 194 valence electrons. The second kappa shape index (κ2) is 13.5. The summed E-state index contributed by atoms with van der Waals surface area (Å²) < 4.78 is 20.4. The standard InChI is InChI=1S/C28H46ClFN2O2/c1-21-11-13-22(14-12-21)18-24(19-31-2)32-16-7-8-23(20-32)28(33,15-4-5-17-34-3)25-9-6-10-26(29)27(25)30/h6,9-10,21-24,31,33H,4-5,7-8,11-20H2,1-3H3/t21?,22?,23-,24?,28+/m1/s1. The number of ether oxygens (including phenoxy) is 1. The molecule has 1 saturated heterocycles. The van der Waals surface area contributed by atoms with E-state index in [1.165, 1.54) is 32.1 Å². The highest BCUT2D eigenvalue weighted by Gasteiger charge is 2.43. The number of benzene rings is 1. The van der Waals surface area contributed by atoms with Crippen molar-refractivity contribution in [2.45, 2.75) is 82.8 Å². The molecule has 1 saturated carbocycles. The van der Waals surface area contributed by atoms with Gasteiger partial charge in [-0.05, 0) is 70.0 Å². The summed E-state index contributed by atoms with van der Waals surface area (Å²) in [5.74, 6) is 1.15. The number of likely N-dealkylation sites (tertiary alicyclic amines) is 1. The Labute approximate surface area is 211 Å². The van der Waals surface area contributed by atoms with Crippen LogP contribution in [0.1, 0.15) is 76.7 Å². The first-order valence-electron chi connectivity index (χ1n) is 13.4. The van der Waals surface area contributed by atoms with Gasteiger partial charge in [-0.25, -0.2) is 4.39 Å². The number of rotatable bonds is 12. The fourth-order valence-electron chi connectivity index (χ4n) is 6.31. The van der Waals surface area contributed by atoms with E-state index in [2.05, 4.69) is 17.1 Å². The predicted octanol–water partition coefficient (Wildman–Crippen LogP) is 6.00. The minimum Gasteiger partial charge on any atom is -0.385 e. The molecule has 1 heterocycles. The first kappa shape index (κ1) is 27.9. The lowest BCUT2D eigenvalue weighted by molar-refractivity contribution is -0.0711. The van der Waals surface area contributed by atoms with Gasteiger partial charge in [-0.15, -0.1) is 0 Å². The topological polar surface area (TPSA) is 44.7 Å². The summed E-state index contributed by atoms with van der Waals surface area (Å²) in [6, 6.07) is 5.50. The molecule has 3 atom stereocenters. The Hall–Kier alpha value is -0.720. The van der Waals surface area contributed by atoms with Gasteiger partial charge in [0.25, 0.3) is 0 Å². The number of nitrogens with one attached hydrogen (secondary N) is 1. The molecule has 0 spiro atoms. The van der Waals surface area contributed by atoms with E-state index in [1.54, 1.807) is 25.3 Å². The van der Waals surface area contributed by atoms with E-state index in [9.17, 15) is 5.11 Å². The third kappa shape index (κ3) is 7.16. The second-order valence-electron chi connectivity index (χ2n) is 10.9. The zero-order chi connectivity index (χ0) is 24.6. The second-order valence-corrected chi connectivity index (χ2v) is 11.3. The van der Waals surface area contributed by atoms with Gasteiger partial charge in [0.2, 0.25) is 0 Å². The maximum absolute atomic E-state index is 15.2. The molecular weight excluding hydrogens is 451 g/mol. The molecule has 1 aliphatic carbocycles. The summed E-state index contributed by atoms with van der Waals surface area (Å²) in [6.45, 7) is 5.82. The molecule has 1 aromatic carbocycles. The number of hydrogen-bond acceptors (Lipinski definition) is 4. The van der Waals surface area contributed by atoms with Gasteiger partial charge < -0.3 is 15.2 Å². The first-order chi connectivity index (χ1) is 16.4. The Bertz CT molecular complexity index is 743. The molecule has 0 amide bonds. The Morgan fingerprint density at radius 1 is 1.24 bits per heavy atom. The van der Waals surface area contributed by atoms with Gasteiger partial charge in [0.1, 0.15) is 5.82 Å². The minimum absolute atomic E-state index is 0.0255. The number of nitrogens with zero attached hydrogens (tertiary/aromatic N) is 1. The first-order valence-corrected chi connectivity index (χ1v) is 13.8. The summed E-state index contributed by atoms with van der Waals surface area (Å²) in [7, 11) is 3.72. The molecule has 34 heavy (non-hydrogen) atoms. The molecule has 1 aromatic rings. The lowest BCUT2D eigenvalue weighted by Gasteiger charge is -2.46. The van der Waals surface area contributed by atoms with Gasteiger partial charge >= 0.3 is 0 Å². The SMILES string of the molecule is CNCC(CC1CCC(C)CC1)N1CCC[C@@H]([C@@](O)(CCCCOC)c2cccc(Cl)c2F)C1. The molecule has 0 radical (unpaired) electrons. The van der Waals surface area contributed by atoms with Gasteiger partial charge in [-0.2, -0.15) is 0 Å². The Morgan fingerprint density at radius 2 is 2.00 bits per heavy atom. The molecule has 2 N–H and O–H groups in total. The summed E-state index contributed by atoms with van der Waals surface area (Å²) in [5.41, 5.74) is -0.873. The van der Waals surface area contributed by atoms with Crippen molar-refractivity contribution >= 4 is 11.6 Å². The summed E-state index contributed by atoms with van der Waals surface area (Å²) in [5, 5.41) is 15.6. The van der Waals surface area contributed by atoms with Crippen molar-refractivity contribution in [3.63, 3.8) is 0 Å². The van der Waals surface area contributed by atoms with Crippen LogP contribution in [0.15, 0.2) is 18.2 Å². The van der Waals surface area contributed by atoms with Crippen molar-refractivity contribution < 1.29 is 14.2 Å². The maximum Gasteiger partial charge on any atom is 0.147 e. The number of likely N-dealkylation sites (N-methyl/N-ethyl adjacent to an activating group) is 1. The number of methoxy groups -OCH3 is 1. The highest BCUT2D eigenvalue weighted by Crippen LogP contribution is 2.42. The third-order valence-electron chi connectivity index (χ3n) is 8.40. The predicted molar refractivity (Wildman–Crippen MR) is 139 cm³/mol. The minimum atomic E-state index is -1.23. The van der Waals surface area contributed by atoms with Crippen LogP contribution in [0.2, 0.25) is 5.02 Å². The maximum atomic E-state index is 15.2. The largest absolute Gasteiger partial charge is 0.385 e. The summed E-state index contributed by atoms with van der Waals surface area (Å²) in [6.07, 6.45) is 10.6. The molecule has 3 rings (SSSR count). The zero-order valence-electron chi connectivity index (χ0n) is 21.5. The highest BCUT2D eigenvalue weighted by atomic mass is 35.5. The fraction of sp³-hybridized carbons (Fsp3) is 0.786. The quantitative estimate of drug-likeness (QED) is 0.348. The Balaban J connectivity index is 1.78. The lowest BCUT2D eigenvalue weighted by atomic mass is 9.73. The molecule has 0 aromatic heterocycles. The number of halogens is 2. The van der Waals surface area contributed by atoms with E-state index in [0.29, 0.717) is 24.6 Å². The van der Waals surface area contributed by atoms with E-state index in [4.69, 9.17) is 16.3 Å². The number of hydrogen-bond donors (Lipinski definition) is 2. The van der Waals surface area contributed by atoms with Crippen molar-refractivity contribution in [1.29, 1.82) is 0 Å². The Kier molecular flexibility index (Phi) is 11.1. The van der Waals surface area contributed by atoms with E-state index >= 15 is 4.39 Å². The van der Waals surface area contributed by atoms with E-state index < -0.39 is 11.4 Å². The fourth-order valence-corrected chi connectivity index (χ4v) is 6.49. The van der Waals surface area contributed by atoms with Crippen molar-refractivity contribution in [3.05, 3.63) is 34.6 Å². The lowest BCUT2D eigenvalue weighted by Crippen LogP contribution is -2.52. The van der Waals surface area contributed by atoms with Gasteiger partial charge in [0.05, 0.1) is 10.6 Å². The molecule has 2 fully saturated rings. The normalized spacial score (nSPS) is 26.8. The molecule has 2 aliphatic rings. The average molecular weight is 497 g/mol. The molecule has 4 nitrogen and oxygen atoms in total. The van der Waals surface area contributed by atoms with Crippen LogP contribution in [-0.2, 0) is 10.3 Å². The van der Waals surface area contributed by atoms with Crippen LogP contribution in [0.4, 0.5) is 4.39 Å². The van der Waals surface area contributed by atoms with E-state index in [1.807, 2.05) is 7.05 Å². The molecule has 0 bridgehead atoms. The van der Waals surface area contributed by atoms with Crippen molar-refractivity contribution in [3.8, 4) is 0 Å². The van der Waals surface area contributed by atoms with Crippen LogP contribution in [0.3, 0.4) is 0 Å². The molecular formula is C28H46ClFN2O2. The Morgan fingerprint density at radius 3 is 2.71 bits per heavy atom. The van der Waals surface area contributed by atoms with Gasteiger partial charge in [0.15, 0.2) is 0 Å². The molecule has 1 aliphatic heterocycles. The van der Waals surface area contributed by atoms with Crippen molar-refractivity contribution in [1.82, 2.24) is 10.2 Å². The van der Waals surface area contributed by atoms with Crippen LogP contribution < -0.4 is 5.32 Å². The third-order valence-corrected chi connectivity index (χ3v) is 8.69. The van der Waals surface area contributed by atoms with Crippen molar-refractivity contribution in [2.24, 2.45) is 17.8 Å². The number of piperidine rings is 1. The smallest absolute Gasteiger partial charge is 0.147 e. The monoisotopic (exact) mass is 496 g/mol. The average Bonchev–Trinajstić information content (AvgIpc) is 2.84. The highest BCUT2D eigenvalue weighted by molar-refractivity contribution is 6.30. The molecule has 1 unspecified atom stereocenters. The zero-order valence-corrected chi connectivity index (χ0v) is 22.3. The number of aliphatic hydroxyl groups is 1. The van der Waals surface area contributed by atoms with Crippen molar-refractivity contribution in [2.75, 3.05) is 40.4 Å². The van der Waals surface area contributed by atoms with Gasteiger partial charge in [-0.1, -0.05) is 56.3 Å². The summed E-state index contributed by atoms with van der Waals surface area (Å²) >= 11 is 6.16. The summed E-state index contributed by atoms with van der Waals surface area (Å²) in [4.78, 5) is 2.57. The van der Waals surface area contributed by atoms with Crippen LogP contribution in [0.25, 0.3) is 0 Å². The molecule has 6 heteroatoms. The van der Waals surface area contributed by atoms with Crippen LogP contribution in [0.5, 0.6) is 0 Å². The van der Waals surface area contributed by atoms with Crippen LogP contribution in [0, 0.1) is 23.6 Å². The van der Waals surface area contributed by atoms with Crippen LogP contribution in [-0.4, -0.2) is 56.4 Å². The van der Waals surface area contributed by atoms with E-state index in [0.717, 1.165) is 57.2 Å². The van der Waals surface area contributed by atoms with E-state index in [-0.39, 0.29) is 10.9 Å².